The molecule has 82 valence electrons. The second-order valence-corrected chi connectivity index (χ2v) is 5.01. The Labute approximate surface area is 89.2 Å². The van der Waals surface area contributed by atoms with Gasteiger partial charge in [-0.25, -0.2) is 13.6 Å². The molecule has 1 unspecified atom stereocenters. The quantitative estimate of drug-likeness (QED) is 0.837. The number of hydrogen-bond acceptors (Lipinski definition) is 3. The SMILES string of the molecule is CC(=O)C(C)c1ccc(S(N)(=O)=O)cc1. The standard InChI is InChI=1S/C10H13NO3S/c1-7(8(2)12)9-3-5-10(6-4-9)15(11,13)14/h3-7H,1-2H3,(H2,11,13,14). The van der Waals surface area contributed by atoms with Crippen molar-refractivity contribution in [1.82, 2.24) is 0 Å². The van der Waals surface area contributed by atoms with Gasteiger partial charge in [-0.05, 0) is 24.6 Å². The molecule has 2 N–H and O–H groups in total. The summed E-state index contributed by atoms with van der Waals surface area (Å²) in [6, 6.07) is 6.02. The monoisotopic (exact) mass is 227 g/mol. The van der Waals surface area contributed by atoms with Crippen molar-refractivity contribution in [2.75, 3.05) is 0 Å². The molecule has 0 spiro atoms. The van der Waals surface area contributed by atoms with Crippen LogP contribution in [0.5, 0.6) is 0 Å². The van der Waals surface area contributed by atoms with Crippen LogP contribution in [0.2, 0.25) is 0 Å². The van der Waals surface area contributed by atoms with Crippen molar-refractivity contribution in [3.8, 4) is 0 Å². The van der Waals surface area contributed by atoms with E-state index in [2.05, 4.69) is 0 Å². The van der Waals surface area contributed by atoms with Gasteiger partial charge < -0.3 is 0 Å². The minimum Gasteiger partial charge on any atom is -0.299 e. The Morgan fingerprint density at radius 3 is 2.07 bits per heavy atom. The fourth-order valence-electron chi connectivity index (χ4n) is 1.18. The van der Waals surface area contributed by atoms with E-state index in [0.29, 0.717) is 0 Å². The lowest BCUT2D eigenvalue weighted by molar-refractivity contribution is -0.118. The van der Waals surface area contributed by atoms with Crippen LogP contribution in [0.4, 0.5) is 0 Å². The molecule has 5 heteroatoms. The number of nitrogens with two attached hydrogens (primary N) is 1. The highest BCUT2D eigenvalue weighted by atomic mass is 32.2. The molecule has 1 rings (SSSR count). The lowest BCUT2D eigenvalue weighted by Gasteiger charge is -2.07. The van der Waals surface area contributed by atoms with Crippen LogP contribution in [0.15, 0.2) is 29.2 Å². The van der Waals surface area contributed by atoms with Gasteiger partial charge in [0.05, 0.1) is 4.90 Å². The van der Waals surface area contributed by atoms with Gasteiger partial charge in [0.25, 0.3) is 0 Å². The molecule has 1 atom stereocenters. The molecular formula is C10H13NO3S. The highest BCUT2D eigenvalue weighted by Gasteiger charge is 2.12. The molecule has 0 aliphatic carbocycles. The Morgan fingerprint density at radius 1 is 1.27 bits per heavy atom. The Balaban J connectivity index is 3.06. The number of ketones is 1. The molecule has 15 heavy (non-hydrogen) atoms. The first-order valence-electron chi connectivity index (χ1n) is 4.45. The smallest absolute Gasteiger partial charge is 0.238 e. The Hall–Kier alpha value is -1.20. The molecular weight excluding hydrogens is 214 g/mol. The first kappa shape index (κ1) is 11.9. The number of rotatable bonds is 3. The zero-order valence-electron chi connectivity index (χ0n) is 8.60. The van der Waals surface area contributed by atoms with Gasteiger partial charge in [0, 0.05) is 5.92 Å². The van der Waals surface area contributed by atoms with Gasteiger partial charge in [0.2, 0.25) is 10.0 Å². The fourth-order valence-corrected chi connectivity index (χ4v) is 1.70. The van der Waals surface area contributed by atoms with E-state index in [1.165, 1.54) is 19.1 Å². The average Bonchev–Trinajstić information content (AvgIpc) is 2.15. The van der Waals surface area contributed by atoms with E-state index in [-0.39, 0.29) is 16.6 Å². The summed E-state index contributed by atoms with van der Waals surface area (Å²) in [5.74, 6) is -0.183. The molecule has 0 fully saturated rings. The van der Waals surface area contributed by atoms with Gasteiger partial charge in [0.15, 0.2) is 0 Å². The topological polar surface area (TPSA) is 77.2 Å². The first-order chi connectivity index (χ1) is 6.82. The van der Waals surface area contributed by atoms with Crippen LogP contribution in [-0.4, -0.2) is 14.2 Å². The summed E-state index contributed by atoms with van der Waals surface area (Å²) in [5, 5.41) is 4.95. The summed E-state index contributed by atoms with van der Waals surface area (Å²) in [6.45, 7) is 3.27. The van der Waals surface area contributed by atoms with E-state index in [9.17, 15) is 13.2 Å². The lowest BCUT2D eigenvalue weighted by atomic mass is 9.98. The van der Waals surface area contributed by atoms with E-state index in [4.69, 9.17) is 5.14 Å². The van der Waals surface area contributed by atoms with E-state index >= 15 is 0 Å². The van der Waals surface area contributed by atoms with E-state index in [1.54, 1.807) is 19.1 Å². The third kappa shape index (κ3) is 2.87. The maximum Gasteiger partial charge on any atom is 0.238 e. The molecule has 0 aliphatic rings. The van der Waals surface area contributed by atoms with Crippen molar-refractivity contribution in [2.24, 2.45) is 5.14 Å². The van der Waals surface area contributed by atoms with E-state index in [1.807, 2.05) is 0 Å². The van der Waals surface area contributed by atoms with Gasteiger partial charge >= 0.3 is 0 Å². The van der Waals surface area contributed by atoms with Gasteiger partial charge in [-0.2, -0.15) is 0 Å². The molecule has 0 bridgehead atoms. The second kappa shape index (κ2) is 4.12. The summed E-state index contributed by atoms with van der Waals surface area (Å²) in [6.07, 6.45) is 0. The molecule has 0 radical (unpaired) electrons. The van der Waals surface area contributed by atoms with Crippen molar-refractivity contribution < 1.29 is 13.2 Å². The van der Waals surface area contributed by atoms with Gasteiger partial charge in [0.1, 0.15) is 5.78 Å². The Kier molecular flexibility index (Phi) is 3.26. The van der Waals surface area contributed by atoms with Crippen molar-refractivity contribution in [3.63, 3.8) is 0 Å². The van der Waals surface area contributed by atoms with Crippen molar-refractivity contribution >= 4 is 15.8 Å². The Bertz CT molecular complexity index is 462. The van der Waals surface area contributed by atoms with Gasteiger partial charge in [-0.3, -0.25) is 4.79 Å². The average molecular weight is 227 g/mol. The number of carbonyl (C=O) groups excluding carboxylic acids is 1. The number of primary sulfonamides is 1. The van der Waals surface area contributed by atoms with E-state index in [0.717, 1.165) is 5.56 Å². The predicted molar refractivity (Wildman–Crippen MR) is 56.9 cm³/mol. The minimum atomic E-state index is -3.65. The fraction of sp³-hybridized carbons (Fsp3) is 0.300. The number of hydrogen-bond donors (Lipinski definition) is 1. The molecule has 0 aliphatic heterocycles. The van der Waals surface area contributed by atoms with Crippen molar-refractivity contribution in [1.29, 1.82) is 0 Å². The largest absolute Gasteiger partial charge is 0.299 e. The number of sulfonamides is 1. The number of carbonyl (C=O) groups is 1. The van der Waals surface area contributed by atoms with Crippen LogP contribution in [0.3, 0.4) is 0 Å². The predicted octanol–water partition coefficient (Wildman–Crippen LogP) is 1.03. The minimum absolute atomic E-state index is 0.0401. The maximum absolute atomic E-state index is 11.1. The van der Waals surface area contributed by atoms with Gasteiger partial charge in [-0.15, -0.1) is 0 Å². The Morgan fingerprint density at radius 2 is 1.73 bits per heavy atom. The highest BCUT2D eigenvalue weighted by molar-refractivity contribution is 7.89. The third-order valence-corrected chi connectivity index (χ3v) is 3.25. The number of Topliss-reactive ketones (excluding diaryl/α,β-unsaturated/α-hetero) is 1. The molecule has 0 amide bonds. The highest BCUT2D eigenvalue weighted by Crippen LogP contribution is 2.17. The second-order valence-electron chi connectivity index (χ2n) is 3.45. The van der Waals surface area contributed by atoms with Crippen LogP contribution >= 0.6 is 0 Å². The summed E-state index contributed by atoms with van der Waals surface area (Å²) < 4.78 is 21.9. The third-order valence-electron chi connectivity index (χ3n) is 2.32. The first-order valence-corrected chi connectivity index (χ1v) is 6.00. The molecule has 0 aromatic heterocycles. The summed E-state index contributed by atoms with van der Waals surface area (Å²) in [7, 11) is -3.65. The van der Waals surface area contributed by atoms with Crippen LogP contribution < -0.4 is 5.14 Å². The van der Waals surface area contributed by atoms with Crippen LogP contribution in [0.25, 0.3) is 0 Å². The van der Waals surface area contributed by atoms with Crippen LogP contribution in [0, 0.1) is 0 Å². The molecule has 4 nitrogen and oxygen atoms in total. The molecule has 0 saturated carbocycles. The zero-order chi connectivity index (χ0) is 11.6. The summed E-state index contributed by atoms with van der Waals surface area (Å²) in [4.78, 5) is 11.1. The molecule has 0 heterocycles. The molecule has 1 aromatic carbocycles. The lowest BCUT2D eigenvalue weighted by Crippen LogP contribution is -2.12. The van der Waals surface area contributed by atoms with Crippen LogP contribution in [0.1, 0.15) is 25.3 Å². The zero-order valence-corrected chi connectivity index (χ0v) is 9.41. The van der Waals surface area contributed by atoms with Crippen molar-refractivity contribution in [2.45, 2.75) is 24.7 Å². The van der Waals surface area contributed by atoms with Crippen molar-refractivity contribution in [3.05, 3.63) is 29.8 Å². The maximum atomic E-state index is 11.1. The molecule has 1 aromatic rings. The van der Waals surface area contributed by atoms with Gasteiger partial charge in [-0.1, -0.05) is 19.1 Å². The van der Waals surface area contributed by atoms with Crippen LogP contribution in [-0.2, 0) is 14.8 Å². The summed E-state index contributed by atoms with van der Waals surface area (Å²) >= 11 is 0. The summed E-state index contributed by atoms with van der Waals surface area (Å²) in [5.41, 5.74) is 0.787. The molecule has 0 saturated heterocycles. The normalized spacial score (nSPS) is 13.5. The number of benzene rings is 1. The van der Waals surface area contributed by atoms with E-state index < -0.39 is 10.0 Å².